The molecule has 1 saturated heterocycles. The number of rotatable bonds is 2. The summed E-state index contributed by atoms with van der Waals surface area (Å²) >= 11 is 0. The summed E-state index contributed by atoms with van der Waals surface area (Å²) in [6, 6.07) is -0.0786. The number of hydrogen-bond acceptors (Lipinski definition) is 4. The first kappa shape index (κ1) is 11.6. The normalized spacial score (nSPS) is 25.4. The van der Waals surface area contributed by atoms with Gasteiger partial charge in [0.25, 0.3) is 0 Å². The van der Waals surface area contributed by atoms with Crippen LogP contribution >= 0.6 is 0 Å². The molecule has 1 aromatic heterocycles. The highest BCUT2D eigenvalue weighted by Crippen LogP contribution is 2.44. The van der Waals surface area contributed by atoms with Gasteiger partial charge in [0, 0.05) is 18.9 Å². The number of hydrogen-bond donors (Lipinski definition) is 2. The molecular weight excluding hydrogens is 228 g/mol. The Bertz CT molecular complexity index is 428. The first-order chi connectivity index (χ1) is 8.77. The number of amides is 1. The lowest BCUT2D eigenvalue weighted by Gasteiger charge is -2.20. The number of carbonyl (C=O) groups excluding carboxylic acids is 1. The Labute approximate surface area is 106 Å². The molecule has 1 aliphatic heterocycles. The summed E-state index contributed by atoms with van der Waals surface area (Å²) in [6.07, 6.45) is 10.8. The minimum absolute atomic E-state index is 0.0132. The molecule has 0 bridgehead atoms. The average molecular weight is 246 g/mol. The van der Waals surface area contributed by atoms with Gasteiger partial charge in [0.1, 0.15) is 0 Å². The van der Waals surface area contributed by atoms with Crippen LogP contribution in [0.25, 0.3) is 0 Å². The molecule has 2 N–H and O–H groups in total. The van der Waals surface area contributed by atoms with E-state index in [1.165, 1.54) is 25.7 Å². The molecule has 1 aromatic rings. The van der Waals surface area contributed by atoms with Crippen molar-refractivity contribution in [2.75, 3.05) is 11.9 Å². The summed E-state index contributed by atoms with van der Waals surface area (Å²) in [6.45, 7) is 0.978. The molecular formula is C13H18N4O. The van der Waals surface area contributed by atoms with Crippen molar-refractivity contribution >= 4 is 11.7 Å². The Morgan fingerprint density at radius 1 is 1.39 bits per heavy atom. The third-order valence-corrected chi connectivity index (χ3v) is 4.16. The van der Waals surface area contributed by atoms with Crippen molar-refractivity contribution < 1.29 is 4.79 Å². The predicted octanol–water partition coefficient (Wildman–Crippen LogP) is 1.34. The topological polar surface area (TPSA) is 66.9 Å². The van der Waals surface area contributed by atoms with Gasteiger partial charge < -0.3 is 10.6 Å². The van der Waals surface area contributed by atoms with Gasteiger partial charge >= 0.3 is 0 Å². The molecule has 1 amide bonds. The second-order valence-electron chi connectivity index (χ2n) is 5.42. The van der Waals surface area contributed by atoms with Crippen molar-refractivity contribution in [3.05, 3.63) is 18.6 Å². The summed E-state index contributed by atoms with van der Waals surface area (Å²) in [7, 11) is 0. The molecule has 1 spiro atoms. The first-order valence-corrected chi connectivity index (χ1v) is 6.58. The van der Waals surface area contributed by atoms with E-state index < -0.39 is 0 Å². The number of nitrogens with one attached hydrogen (secondary N) is 2. The van der Waals surface area contributed by atoms with E-state index in [9.17, 15) is 4.79 Å². The molecule has 0 aromatic carbocycles. The third kappa shape index (κ3) is 2.22. The van der Waals surface area contributed by atoms with Crippen molar-refractivity contribution in [3.8, 4) is 0 Å². The van der Waals surface area contributed by atoms with Crippen LogP contribution < -0.4 is 10.6 Å². The van der Waals surface area contributed by atoms with Crippen molar-refractivity contribution in [1.82, 2.24) is 15.3 Å². The predicted molar refractivity (Wildman–Crippen MR) is 68.0 cm³/mol. The maximum Gasteiger partial charge on any atom is 0.242 e. The standard InChI is InChI=1S/C13H18N4O/c18-12(17-11-8-14-5-6-15-11)10-7-13(9-16-10)3-1-2-4-13/h5-6,8,10,16H,1-4,7,9H2,(H,15,17,18)/t10-/m0/s1. The molecule has 0 radical (unpaired) electrons. The Morgan fingerprint density at radius 3 is 2.94 bits per heavy atom. The largest absolute Gasteiger partial charge is 0.308 e. The number of nitrogens with zero attached hydrogens (tertiary/aromatic N) is 2. The van der Waals surface area contributed by atoms with Crippen LogP contribution in [0.2, 0.25) is 0 Å². The van der Waals surface area contributed by atoms with Crippen LogP contribution in [0.3, 0.4) is 0 Å². The van der Waals surface area contributed by atoms with Gasteiger partial charge in [0.05, 0.1) is 12.2 Å². The highest BCUT2D eigenvalue weighted by atomic mass is 16.2. The van der Waals surface area contributed by atoms with Crippen molar-refractivity contribution in [1.29, 1.82) is 0 Å². The molecule has 96 valence electrons. The zero-order chi connectivity index (χ0) is 12.4. The Kier molecular flexibility index (Phi) is 2.99. The quantitative estimate of drug-likeness (QED) is 0.826. The summed E-state index contributed by atoms with van der Waals surface area (Å²) < 4.78 is 0. The monoisotopic (exact) mass is 246 g/mol. The zero-order valence-corrected chi connectivity index (χ0v) is 10.4. The third-order valence-electron chi connectivity index (χ3n) is 4.16. The number of carbonyl (C=O) groups is 1. The second-order valence-corrected chi connectivity index (χ2v) is 5.42. The molecule has 0 unspecified atom stereocenters. The molecule has 1 saturated carbocycles. The van der Waals surface area contributed by atoms with Gasteiger partial charge in [-0.25, -0.2) is 4.98 Å². The Balaban J connectivity index is 1.61. The summed E-state index contributed by atoms with van der Waals surface area (Å²) in [4.78, 5) is 20.1. The van der Waals surface area contributed by atoms with Crippen LogP contribution in [-0.2, 0) is 4.79 Å². The van der Waals surface area contributed by atoms with Crippen LogP contribution in [0, 0.1) is 5.41 Å². The highest BCUT2D eigenvalue weighted by molar-refractivity contribution is 5.94. The second kappa shape index (κ2) is 4.65. The lowest BCUT2D eigenvalue weighted by molar-refractivity contribution is -0.118. The van der Waals surface area contributed by atoms with E-state index in [0.29, 0.717) is 11.2 Å². The maximum absolute atomic E-state index is 12.1. The fourth-order valence-corrected chi connectivity index (χ4v) is 3.19. The van der Waals surface area contributed by atoms with E-state index in [0.717, 1.165) is 13.0 Å². The van der Waals surface area contributed by atoms with Crippen molar-refractivity contribution in [3.63, 3.8) is 0 Å². The van der Waals surface area contributed by atoms with Crippen molar-refractivity contribution in [2.45, 2.75) is 38.1 Å². The lowest BCUT2D eigenvalue weighted by atomic mass is 9.84. The SMILES string of the molecule is O=C(Nc1cnccn1)[C@@H]1CC2(CCCC2)CN1. The van der Waals surface area contributed by atoms with Crippen LogP contribution in [-0.4, -0.2) is 28.5 Å². The van der Waals surface area contributed by atoms with Gasteiger partial charge in [-0.2, -0.15) is 0 Å². The van der Waals surface area contributed by atoms with E-state index in [-0.39, 0.29) is 11.9 Å². The highest BCUT2D eigenvalue weighted by Gasteiger charge is 2.43. The van der Waals surface area contributed by atoms with Gasteiger partial charge in [-0.15, -0.1) is 0 Å². The van der Waals surface area contributed by atoms with Crippen molar-refractivity contribution in [2.24, 2.45) is 5.41 Å². The van der Waals surface area contributed by atoms with Gasteiger partial charge in [-0.05, 0) is 24.7 Å². The van der Waals surface area contributed by atoms with E-state index in [1.807, 2.05) is 0 Å². The molecule has 5 heteroatoms. The van der Waals surface area contributed by atoms with E-state index in [4.69, 9.17) is 0 Å². The summed E-state index contributed by atoms with van der Waals surface area (Å²) in [5.41, 5.74) is 0.379. The van der Waals surface area contributed by atoms with E-state index >= 15 is 0 Å². The molecule has 1 aliphatic carbocycles. The molecule has 2 heterocycles. The molecule has 3 rings (SSSR count). The summed E-state index contributed by atoms with van der Waals surface area (Å²) in [5, 5.41) is 6.16. The zero-order valence-electron chi connectivity index (χ0n) is 10.4. The van der Waals surface area contributed by atoms with Crippen LogP contribution in [0.1, 0.15) is 32.1 Å². The Morgan fingerprint density at radius 2 is 2.22 bits per heavy atom. The molecule has 5 nitrogen and oxygen atoms in total. The van der Waals surface area contributed by atoms with E-state index in [2.05, 4.69) is 20.6 Å². The molecule has 2 aliphatic rings. The van der Waals surface area contributed by atoms with Gasteiger partial charge in [-0.3, -0.25) is 9.78 Å². The maximum atomic E-state index is 12.1. The van der Waals surface area contributed by atoms with E-state index in [1.54, 1.807) is 18.6 Å². The molecule has 1 atom stereocenters. The number of aromatic nitrogens is 2. The Hall–Kier alpha value is -1.49. The minimum atomic E-state index is -0.0786. The van der Waals surface area contributed by atoms with Gasteiger partial charge in [0.2, 0.25) is 5.91 Å². The fourth-order valence-electron chi connectivity index (χ4n) is 3.19. The lowest BCUT2D eigenvalue weighted by Crippen LogP contribution is -2.35. The van der Waals surface area contributed by atoms with Gasteiger partial charge in [0.15, 0.2) is 5.82 Å². The minimum Gasteiger partial charge on any atom is -0.308 e. The summed E-state index contributed by atoms with van der Waals surface area (Å²) in [5.74, 6) is 0.538. The fraction of sp³-hybridized carbons (Fsp3) is 0.615. The average Bonchev–Trinajstić information content (AvgIpc) is 3.02. The smallest absolute Gasteiger partial charge is 0.242 e. The van der Waals surface area contributed by atoms with Gasteiger partial charge in [-0.1, -0.05) is 12.8 Å². The van der Waals surface area contributed by atoms with Crippen LogP contribution in [0.4, 0.5) is 5.82 Å². The van der Waals surface area contributed by atoms with Crippen LogP contribution in [0.5, 0.6) is 0 Å². The molecule has 2 fully saturated rings. The number of anilines is 1. The van der Waals surface area contributed by atoms with Crippen LogP contribution in [0.15, 0.2) is 18.6 Å². The first-order valence-electron chi connectivity index (χ1n) is 6.58. The molecule has 18 heavy (non-hydrogen) atoms.